The molecule has 2 N–H and O–H groups in total. The lowest BCUT2D eigenvalue weighted by Gasteiger charge is -2.28. The van der Waals surface area contributed by atoms with Gasteiger partial charge >= 0.3 is 5.97 Å². The number of hydrogen-bond donors (Lipinski definition) is 2. The number of carboxylic acid groups (broad SMARTS) is 1. The van der Waals surface area contributed by atoms with Gasteiger partial charge in [0.15, 0.2) is 0 Å². The topological polar surface area (TPSA) is 58.6 Å². The van der Waals surface area contributed by atoms with Crippen LogP contribution in [0.15, 0.2) is 12.2 Å². The van der Waals surface area contributed by atoms with E-state index in [0.29, 0.717) is 24.2 Å². The summed E-state index contributed by atoms with van der Waals surface area (Å²) in [5, 5.41) is 12.3. The van der Waals surface area contributed by atoms with Crippen LogP contribution < -0.4 is 5.32 Å². The summed E-state index contributed by atoms with van der Waals surface area (Å²) in [6, 6.07) is 0.513. The Kier molecular flexibility index (Phi) is 7.40. The number of hydrogen-bond acceptors (Lipinski definition) is 3. The van der Waals surface area contributed by atoms with Gasteiger partial charge in [-0.1, -0.05) is 31.9 Å². The molecule has 0 aromatic rings. The highest BCUT2D eigenvalue weighted by molar-refractivity contribution is 5.66. The van der Waals surface area contributed by atoms with E-state index in [1.807, 2.05) is 0 Å². The molecule has 2 saturated heterocycles. The van der Waals surface area contributed by atoms with E-state index in [0.717, 1.165) is 25.8 Å². The van der Waals surface area contributed by atoms with Gasteiger partial charge in [0.25, 0.3) is 0 Å². The maximum absolute atomic E-state index is 10.5. The number of carboxylic acids is 1. The van der Waals surface area contributed by atoms with Gasteiger partial charge in [0.05, 0.1) is 12.2 Å². The van der Waals surface area contributed by atoms with Gasteiger partial charge in [0.1, 0.15) is 0 Å². The van der Waals surface area contributed by atoms with E-state index in [1.165, 1.54) is 32.1 Å². The second-order valence-corrected chi connectivity index (χ2v) is 6.63. The van der Waals surface area contributed by atoms with Crippen molar-refractivity contribution in [1.82, 2.24) is 5.32 Å². The number of ether oxygens (including phenoxy) is 1. The van der Waals surface area contributed by atoms with Gasteiger partial charge in [0, 0.05) is 18.4 Å². The van der Waals surface area contributed by atoms with E-state index in [-0.39, 0.29) is 6.42 Å². The minimum atomic E-state index is -0.703. The lowest BCUT2D eigenvalue weighted by atomic mass is 9.82. The van der Waals surface area contributed by atoms with Crippen LogP contribution in [0.3, 0.4) is 0 Å². The largest absolute Gasteiger partial charge is 0.481 e. The molecule has 2 heterocycles. The third kappa shape index (κ3) is 5.10. The minimum Gasteiger partial charge on any atom is -0.481 e. The molecule has 4 nitrogen and oxygen atoms in total. The molecule has 2 fully saturated rings. The molecule has 0 unspecified atom stereocenters. The minimum absolute atomic E-state index is 0.267. The molecule has 2 rings (SSSR count). The van der Waals surface area contributed by atoms with Crippen LogP contribution in [0.2, 0.25) is 0 Å². The van der Waals surface area contributed by atoms with Gasteiger partial charge in [-0.25, -0.2) is 0 Å². The maximum atomic E-state index is 10.5. The Morgan fingerprint density at radius 1 is 1.23 bits per heavy atom. The number of fused-ring (bicyclic) bond motifs is 2. The monoisotopic (exact) mass is 309 g/mol. The van der Waals surface area contributed by atoms with Crippen molar-refractivity contribution in [2.45, 2.75) is 83.0 Å². The van der Waals surface area contributed by atoms with Crippen molar-refractivity contribution in [2.75, 3.05) is 6.54 Å². The van der Waals surface area contributed by atoms with E-state index in [4.69, 9.17) is 9.84 Å². The van der Waals surface area contributed by atoms with Crippen LogP contribution in [0.25, 0.3) is 0 Å². The van der Waals surface area contributed by atoms with Gasteiger partial charge in [-0.2, -0.15) is 0 Å². The fourth-order valence-corrected chi connectivity index (χ4v) is 3.74. The predicted molar refractivity (Wildman–Crippen MR) is 87.9 cm³/mol. The Bertz CT molecular complexity index is 369. The van der Waals surface area contributed by atoms with E-state index >= 15 is 0 Å². The van der Waals surface area contributed by atoms with E-state index in [1.54, 1.807) is 0 Å². The fraction of sp³-hybridized carbons (Fsp3) is 0.833. The fourth-order valence-electron chi connectivity index (χ4n) is 3.74. The highest BCUT2D eigenvalue weighted by atomic mass is 16.5. The van der Waals surface area contributed by atoms with Crippen molar-refractivity contribution < 1.29 is 14.6 Å². The zero-order valence-electron chi connectivity index (χ0n) is 13.8. The summed E-state index contributed by atoms with van der Waals surface area (Å²) in [5.41, 5.74) is 0. The highest BCUT2D eigenvalue weighted by Gasteiger charge is 2.47. The van der Waals surface area contributed by atoms with Crippen molar-refractivity contribution in [1.29, 1.82) is 0 Å². The molecule has 0 radical (unpaired) electrons. The number of rotatable bonds is 11. The first-order valence-electron chi connectivity index (χ1n) is 8.98. The summed E-state index contributed by atoms with van der Waals surface area (Å²) in [5.74, 6) is -0.109. The van der Waals surface area contributed by atoms with Crippen LogP contribution in [-0.2, 0) is 9.53 Å². The van der Waals surface area contributed by atoms with Crippen molar-refractivity contribution in [2.24, 2.45) is 5.92 Å². The van der Waals surface area contributed by atoms with E-state index < -0.39 is 5.97 Å². The number of allylic oxidation sites excluding steroid dienone is 2. The zero-order chi connectivity index (χ0) is 15.8. The molecule has 2 bridgehead atoms. The molecule has 0 amide bonds. The summed E-state index contributed by atoms with van der Waals surface area (Å²) < 4.78 is 6.09. The molecule has 2 aliphatic heterocycles. The molecule has 0 aliphatic carbocycles. The second kappa shape index (κ2) is 9.31. The third-order valence-corrected chi connectivity index (χ3v) is 4.92. The Labute approximate surface area is 134 Å². The van der Waals surface area contributed by atoms with E-state index in [9.17, 15) is 4.79 Å². The number of aliphatic carboxylic acids is 1. The molecule has 126 valence electrons. The second-order valence-electron chi connectivity index (χ2n) is 6.63. The molecule has 0 aromatic heterocycles. The Hall–Kier alpha value is -0.870. The Balaban J connectivity index is 1.70. The molecule has 0 spiro atoms. The van der Waals surface area contributed by atoms with Crippen molar-refractivity contribution in [3.8, 4) is 0 Å². The average molecular weight is 309 g/mol. The first-order valence-corrected chi connectivity index (χ1v) is 8.98. The standard InChI is InChI=1S/C18H31NO3/c1-2-3-8-13-19-18-14(15-11-12-16(18)22-15)9-6-4-5-7-10-17(20)21/h4,6,14-16,18-19H,2-3,5,7-13H2,1H3,(H,20,21)/t14-,15+,16-,18-/m0/s1. The molecule has 4 atom stereocenters. The lowest BCUT2D eigenvalue weighted by molar-refractivity contribution is -0.137. The summed E-state index contributed by atoms with van der Waals surface area (Å²) in [4.78, 5) is 10.5. The highest BCUT2D eigenvalue weighted by Crippen LogP contribution is 2.41. The summed E-state index contributed by atoms with van der Waals surface area (Å²) in [6.07, 6.45) is 14.4. The first kappa shape index (κ1) is 17.5. The Morgan fingerprint density at radius 3 is 2.82 bits per heavy atom. The van der Waals surface area contributed by atoms with Crippen LogP contribution in [-0.4, -0.2) is 35.9 Å². The molecule has 2 aliphatic rings. The smallest absolute Gasteiger partial charge is 0.303 e. The normalized spacial score (nSPS) is 30.4. The SMILES string of the molecule is CCCCCN[C@H]1[C@@H](CC=CCCCC(=O)O)[C@H]2CC[C@@H]1O2. The van der Waals surface area contributed by atoms with Gasteiger partial charge in [0.2, 0.25) is 0 Å². The van der Waals surface area contributed by atoms with Crippen molar-refractivity contribution in [3.63, 3.8) is 0 Å². The van der Waals surface area contributed by atoms with Crippen LogP contribution in [0, 0.1) is 5.92 Å². The van der Waals surface area contributed by atoms with Gasteiger partial charge in [-0.15, -0.1) is 0 Å². The molecule has 0 aromatic carbocycles. The quantitative estimate of drug-likeness (QED) is 0.453. The van der Waals surface area contributed by atoms with Crippen LogP contribution in [0.4, 0.5) is 0 Å². The van der Waals surface area contributed by atoms with E-state index in [2.05, 4.69) is 24.4 Å². The Morgan fingerprint density at radius 2 is 2.05 bits per heavy atom. The van der Waals surface area contributed by atoms with Gasteiger partial charge in [-0.3, -0.25) is 4.79 Å². The molecule has 4 heteroatoms. The van der Waals surface area contributed by atoms with Gasteiger partial charge in [-0.05, 0) is 45.1 Å². The zero-order valence-corrected chi connectivity index (χ0v) is 13.8. The lowest BCUT2D eigenvalue weighted by Crippen LogP contribution is -2.44. The first-order chi connectivity index (χ1) is 10.7. The van der Waals surface area contributed by atoms with Crippen molar-refractivity contribution >= 4 is 5.97 Å². The number of carbonyl (C=O) groups is 1. The predicted octanol–water partition coefficient (Wildman–Crippen LogP) is 3.51. The number of unbranched alkanes of at least 4 members (excludes halogenated alkanes) is 3. The average Bonchev–Trinajstić information content (AvgIpc) is 3.08. The van der Waals surface area contributed by atoms with Crippen LogP contribution in [0.1, 0.15) is 64.7 Å². The summed E-state index contributed by atoms with van der Waals surface area (Å²) >= 11 is 0. The van der Waals surface area contributed by atoms with Crippen LogP contribution >= 0.6 is 0 Å². The van der Waals surface area contributed by atoms with Gasteiger partial charge < -0.3 is 15.2 Å². The maximum Gasteiger partial charge on any atom is 0.303 e. The summed E-state index contributed by atoms with van der Waals surface area (Å²) in [7, 11) is 0. The molecule has 0 saturated carbocycles. The molecular weight excluding hydrogens is 278 g/mol. The third-order valence-electron chi connectivity index (χ3n) is 4.92. The van der Waals surface area contributed by atoms with Crippen molar-refractivity contribution in [3.05, 3.63) is 12.2 Å². The molecular formula is C18H31NO3. The summed E-state index contributed by atoms with van der Waals surface area (Å²) in [6.45, 7) is 3.34. The van der Waals surface area contributed by atoms with Crippen LogP contribution in [0.5, 0.6) is 0 Å². The molecule has 22 heavy (non-hydrogen) atoms. The number of nitrogens with one attached hydrogen (secondary N) is 1.